The minimum atomic E-state index is -0.156. The first-order valence-electron chi connectivity index (χ1n) is 8.48. The number of benzene rings is 1. The number of nitrogens with zero attached hydrogens (tertiary/aromatic N) is 2. The molecule has 0 aliphatic carbocycles. The highest BCUT2D eigenvalue weighted by molar-refractivity contribution is 5.95. The van der Waals surface area contributed by atoms with Crippen molar-refractivity contribution in [3.05, 3.63) is 42.0 Å². The number of anilines is 1. The first-order valence-corrected chi connectivity index (χ1v) is 8.48. The van der Waals surface area contributed by atoms with E-state index in [1.165, 1.54) is 11.6 Å². The minimum absolute atomic E-state index is 0.0622. The van der Waals surface area contributed by atoms with E-state index in [9.17, 15) is 9.59 Å². The van der Waals surface area contributed by atoms with Crippen molar-refractivity contribution >= 4 is 17.5 Å². The van der Waals surface area contributed by atoms with Gasteiger partial charge < -0.3 is 15.1 Å². The summed E-state index contributed by atoms with van der Waals surface area (Å²) in [6.07, 6.45) is 5.62. The van der Waals surface area contributed by atoms with E-state index in [2.05, 4.69) is 18.3 Å². The van der Waals surface area contributed by atoms with Crippen LogP contribution in [0.2, 0.25) is 0 Å². The Morgan fingerprint density at radius 1 is 1.33 bits per heavy atom. The smallest absolute Gasteiger partial charge is 0.243 e. The number of likely N-dealkylation sites (N-methyl/N-ethyl adjacent to an activating group) is 1. The molecule has 2 rings (SSSR count). The molecule has 1 heterocycles. The molecule has 0 radical (unpaired) electrons. The van der Waals surface area contributed by atoms with Gasteiger partial charge in [0.1, 0.15) is 0 Å². The van der Waals surface area contributed by atoms with Gasteiger partial charge in [-0.15, -0.1) is 0 Å². The van der Waals surface area contributed by atoms with Crippen LogP contribution >= 0.6 is 0 Å². The van der Waals surface area contributed by atoms with E-state index < -0.39 is 0 Å². The van der Waals surface area contributed by atoms with Crippen LogP contribution in [0.4, 0.5) is 5.69 Å². The summed E-state index contributed by atoms with van der Waals surface area (Å²) in [5.41, 5.74) is 2.23. The van der Waals surface area contributed by atoms with Crippen LogP contribution in [0.5, 0.6) is 0 Å². The summed E-state index contributed by atoms with van der Waals surface area (Å²) >= 11 is 0. The lowest BCUT2D eigenvalue weighted by atomic mass is 9.96. The van der Waals surface area contributed by atoms with Gasteiger partial charge in [-0.3, -0.25) is 9.59 Å². The maximum atomic E-state index is 12.6. The molecule has 1 aliphatic rings. The third-order valence-electron chi connectivity index (χ3n) is 4.17. The van der Waals surface area contributed by atoms with Crippen molar-refractivity contribution in [1.29, 1.82) is 0 Å². The number of carbonyl (C=O) groups excluding carboxylic acids is 2. The van der Waals surface area contributed by atoms with Gasteiger partial charge in [0.2, 0.25) is 11.8 Å². The van der Waals surface area contributed by atoms with Crippen LogP contribution in [-0.4, -0.2) is 49.9 Å². The van der Waals surface area contributed by atoms with Crippen LogP contribution in [0, 0.1) is 0 Å². The van der Waals surface area contributed by atoms with E-state index in [1.807, 2.05) is 42.1 Å². The summed E-state index contributed by atoms with van der Waals surface area (Å²) < 4.78 is 0. The second-order valence-corrected chi connectivity index (χ2v) is 6.49. The molecule has 24 heavy (non-hydrogen) atoms. The van der Waals surface area contributed by atoms with E-state index in [1.54, 1.807) is 6.08 Å². The molecule has 130 valence electrons. The lowest BCUT2D eigenvalue weighted by Crippen LogP contribution is -2.43. The predicted molar refractivity (Wildman–Crippen MR) is 97.0 cm³/mol. The Hall–Kier alpha value is -2.14. The second-order valence-electron chi connectivity index (χ2n) is 6.49. The third-order valence-corrected chi connectivity index (χ3v) is 4.17. The van der Waals surface area contributed by atoms with E-state index in [0.29, 0.717) is 19.5 Å². The molecular formula is C19H27N3O2. The molecule has 1 atom stereocenters. The molecule has 0 spiro atoms. The number of fused-ring (bicyclic) bond motifs is 1. The van der Waals surface area contributed by atoms with Crippen molar-refractivity contribution < 1.29 is 9.59 Å². The van der Waals surface area contributed by atoms with Gasteiger partial charge in [0.25, 0.3) is 0 Å². The zero-order chi connectivity index (χ0) is 17.5. The first-order chi connectivity index (χ1) is 11.5. The third kappa shape index (κ3) is 4.93. The molecule has 0 saturated heterocycles. The van der Waals surface area contributed by atoms with Crippen molar-refractivity contribution in [2.45, 2.75) is 32.2 Å². The lowest BCUT2D eigenvalue weighted by Gasteiger charge is -2.35. The Bertz CT molecular complexity index is 610. The molecular weight excluding hydrogens is 302 g/mol. The molecule has 0 aromatic heterocycles. The standard InChI is InChI=1S/C19H27N3O2/c1-15-10-11-16-7-4-5-8-17(16)22(15)19(24)12-13-20-18(23)9-6-14-21(2)3/h4-9,15H,10-14H2,1-3H3,(H,20,23)/b9-6+. The van der Waals surface area contributed by atoms with Crippen molar-refractivity contribution in [2.24, 2.45) is 0 Å². The van der Waals surface area contributed by atoms with Crippen molar-refractivity contribution in [3.63, 3.8) is 0 Å². The zero-order valence-electron chi connectivity index (χ0n) is 14.8. The molecule has 1 aromatic carbocycles. The van der Waals surface area contributed by atoms with Crippen LogP contribution in [0.25, 0.3) is 0 Å². The molecule has 5 nitrogen and oxygen atoms in total. The van der Waals surface area contributed by atoms with Gasteiger partial charge in [-0.1, -0.05) is 24.3 Å². The van der Waals surface area contributed by atoms with Crippen LogP contribution in [0.15, 0.2) is 36.4 Å². The van der Waals surface area contributed by atoms with Gasteiger partial charge in [-0.25, -0.2) is 0 Å². The van der Waals surface area contributed by atoms with Crippen LogP contribution < -0.4 is 10.2 Å². The van der Waals surface area contributed by atoms with Crippen molar-refractivity contribution in [1.82, 2.24) is 10.2 Å². The van der Waals surface area contributed by atoms with Gasteiger partial charge in [-0.05, 0) is 45.5 Å². The Kier molecular flexibility index (Phi) is 6.55. The number of hydrogen-bond acceptors (Lipinski definition) is 3. The SMILES string of the molecule is CC1CCc2ccccc2N1C(=O)CCNC(=O)/C=C/CN(C)C. The van der Waals surface area contributed by atoms with E-state index in [-0.39, 0.29) is 17.9 Å². The molecule has 1 N–H and O–H groups in total. The fourth-order valence-corrected chi connectivity index (χ4v) is 2.91. The normalized spacial score (nSPS) is 17.2. The largest absolute Gasteiger partial charge is 0.352 e. The summed E-state index contributed by atoms with van der Waals surface area (Å²) in [6, 6.07) is 8.26. The summed E-state index contributed by atoms with van der Waals surface area (Å²) in [5, 5.41) is 2.77. The van der Waals surface area contributed by atoms with Gasteiger partial charge in [0.15, 0.2) is 0 Å². The highest BCUT2D eigenvalue weighted by Gasteiger charge is 2.27. The van der Waals surface area contributed by atoms with E-state index in [4.69, 9.17) is 0 Å². The van der Waals surface area contributed by atoms with Crippen molar-refractivity contribution in [3.8, 4) is 0 Å². The topological polar surface area (TPSA) is 52.7 Å². The Balaban J connectivity index is 1.87. The molecule has 0 fully saturated rings. The second kappa shape index (κ2) is 8.64. The van der Waals surface area contributed by atoms with Crippen LogP contribution in [-0.2, 0) is 16.0 Å². The number of hydrogen-bond donors (Lipinski definition) is 1. The fraction of sp³-hybridized carbons (Fsp3) is 0.474. The zero-order valence-corrected chi connectivity index (χ0v) is 14.8. The Morgan fingerprint density at radius 2 is 2.08 bits per heavy atom. The monoisotopic (exact) mass is 329 g/mol. The summed E-state index contributed by atoms with van der Waals surface area (Å²) in [4.78, 5) is 28.2. The maximum absolute atomic E-state index is 12.6. The summed E-state index contributed by atoms with van der Waals surface area (Å²) in [6.45, 7) is 3.15. The number of aryl methyl sites for hydroxylation is 1. The number of rotatable bonds is 6. The molecule has 0 bridgehead atoms. The average molecular weight is 329 g/mol. The van der Waals surface area contributed by atoms with Gasteiger partial charge in [-0.2, -0.15) is 0 Å². The Morgan fingerprint density at radius 3 is 2.83 bits per heavy atom. The van der Waals surface area contributed by atoms with Gasteiger partial charge in [0, 0.05) is 37.3 Å². The van der Waals surface area contributed by atoms with E-state index in [0.717, 1.165) is 18.5 Å². The highest BCUT2D eigenvalue weighted by Crippen LogP contribution is 2.30. The average Bonchev–Trinajstić information content (AvgIpc) is 2.54. The maximum Gasteiger partial charge on any atom is 0.243 e. The molecule has 1 aromatic rings. The molecule has 2 amide bonds. The quantitative estimate of drug-likeness (QED) is 0.812. The highest BCUT2D eigenvalue weighted by atomic mass is 16.2. The predicted octanol–water partition coefficient (Wildman–Crippen LogP) is 1.98. The summed E-state index contributed by atoms with van der Waals surface area (Å²) in [7, 11) is 3.89. The number of para-hydroxylation sites is 1. The van der Waals surface area contributed by atoms with Crippen LogP contribution in [0.1, 0.15) is 25.3 Å². The minimum Gasteiger partial charge on any atom is -0.352 e. The van der Waals surface area contributed by atoms with Crippen molar-refractivity contribution in [2.75, 3.05) is 32.1 Å². The lowest BCUT2D eigenvalue weighted by molar-refractivity contribution is -0.119. The molecule has 5 heteroatoms. The van der Waals surface area contributed by atoms with Crippen LogP contribution in [0.3, 0.4) is 0 Å². The first kappa shape index (κ1) is 18.2. The van der Waals surface area contributed by atoms with Gasteiger partial charge in [0.05, 0.1) is 0 Å². The van der Waals surface area contributed by atoms with E-state index >= 15 is 0 Å². The van der Waals surface area contributed by atoms with Gasteiger partial charge >= 0.3 is 0 Å². The molecule has 1 unspecified atom stereocenters. The summed E-state index contributed by atoms with van der Waals surface area (Å²) in [5.74, 6) is -0.0936. The Labute approximate surface area is 144 Å². The molecule has 0 saturated carbocycles. The number of amides is 2. The number of carbonyl (C=O) groups is 2. The number of nitrogens with one attached hydrogen (secondary N) is 1. The fourth-order valence-electron chi connectivity index (χ4n) is 2.91. The molecule has 1 aliphatic heterocycles.